The van der Waals surface area contributed by atoms with E-state index in [4.69, 9.17) is 10.5 Å². The summed E-state index contributed by atoms with van der Waals surface area (Å²) in [6, 6.07) is 2.16. The fourth-order valence-corrected chi connectivity index (χ4v) is 1.78. The number of halogens is 2. The molecule has 0 unspecified atom stereocenters. The van der Waals surface area contributed by atoms with E-state index in [0.717, 1.165) is 12.1 Å². The summed E-state index contributed by atoms with van der Waals surface area (Å²) >= 11 is 0. The first kappa shape index (κ1) is 14.7. The van der Waals surface area contributed by atoms with Crippen molar-refractivity contribution in [1.29, 1.82) is 0 Å². The molecule has 0 aliphatic carbocycles. The number of nitrogens with two attached hydrogens (primary N) is 1. The highest BCUT2D eigenvalue weighted by atomic mass is 19.2. The van der Waals surface area contributed by atoms with Crippen molar-refractivity contribution in [1.82, 2.24) is 0 Å². The van der Waals surface area contributed by atoms with Gasteiger partial charge >= 0.3 is 0 Å². The molecule has 1 aromatic rings. The van der Waals surface area contributed by atoms with E-state index in [1.807, 2.05) is 4.90 Å². The minimum atomic E-state index is -0.924. The molecule has 3 nitrogen and oxygen atoms in total. The zero-order valence-electron chi connectivity index (χ0n) is 11.0. The van der Waals surface area contributed by atoms with Crippen LogP contribution in [0.5, 0.6) is 0 Å². The molecule has 0 aliphatic heterocycles. The first-order valence-corrected chi connectivity index (χ1v) is 5.94. The molecule has 0 aromatic heterocycles. The second-order valence-electron chi connectivity index (χ2n) is 4.66. The molecule has 2 N–H and O–H groups in total. The highest BCUT2D eigenvalue weighted by Crippen LogP contribution is 2.26. The third kappa shape index (κ3) is 3.84. The predicted octanol–water partition coefficient (Wildman–Crippen LogP) is 2.66. The van der Waals surface area contributed by atoms with E-state index in [1.54, 1.807) is 7.11 Å². The van der Waals surface area contributed by atoms with Crippen LogP contribution >= 0.6 is 0 Å². The summed E-state index contributed by atoms with van der Waals surface area (Å²) < 4.78 is 31.3. The lowest BCUT2D eigenvalue weighted by Crippen LogP contribution is -2.31. The summed E-state index contributed by atoms with van der Waals surface area (Å²) in [5.41, 5.74) is 6.50. The zero-order chi connectivity index (χ0) is 13.7. The molecular weight excluding hydrogens is 238 g/mol. The van der Waals surface area contributed by atoms with Gasteiger partial charge in [0.1, 0.15) is 0 Å². The van der Waals surface area contributed by atoms with Crippen LogP contribution in [0, 0.1) is 17.6 Å². The number of benzene rings is 1. The number of anilines is 2. The van der Waals surface area contributed by atoms with Crippen LogP contribution in [-0.2, 0) is 4.74 Å². The van der Waals surface area contributed by atoms with Crippen molar-refractivity contribution in [3.05, 3.63) is 23.8 Å². The second kappa shape index (κ2) is 6.54. The van der Waals surface area contributed by atoms with Crippen LogP contribution in [0.2, 0.25) is 0 Å². The van der Waals surface area contributed by atoms with E-state index in [0.29, 0.717) is 31.3 Å². The van der Waals surface area contributed by atoms with Crippen molar-refractivity contribution in [3.8, 4) is 0 Å². The number of ether oxygens (including phenoxy) is 1. The lowest BCUT2D eigenvalue weighted by atomic mass is 10.1. The van der Waals surface area contributed by atoms with Gasteiger partial charge in [-0.2, -0.15) is 0 Å². The summed E-state index contributed by atoms with van der Waals surface area (Å²) in [7, 11) is 1.60. The van der Waals surface area contributed by atoms with Crippen LogP contribution in [0.4, 0.5) is 20.2 Å². The molecule has 0 bridgehead atoms. The second-order valence-corrected chi connectivity index (χ2v) is 4.66. The Balaban J connectivity index is 2.99. The molecule has 0 saturated carbocycles. The van der Waals surface area contributed by atoms with E-state index in [-0.39, 0.29) is 5.69 Å². The molecule has 0 radical (unpaired) electrons. The highest BCUT2D eigenvalue weighted by Gasteiger charge is 2.15. The number of nitrogens with zero attached hydrogens (tertiary/aromatic N) is 1. The zero-order valence-corrected chi connectivity index (χ0v) is 11.0. The lowest BCUT2D eigenvalue weighted by molar-refractivity contribution is 0.204. The van der Waals surface area contributed by atoms with Crippen LogP contribution in [0.15, 0.2) is 12.1 Å². The van der Waals surface area contributed by atoms with Gasteiger partial charge in [-0.1, -0.05) is 13.8 Å². The number of hydrogen-bond donors (Lipinski definition) is 1. The first-order chi connectivity index (χ1) is 8.45. The molecule has 0 heterocycles. The summed E-state index contributed by atoms with van der Waals surface area (Å²) in [5, 5.41) is 0. The summed E-state index contributed by atoms with van der Waals surface area (Å²) in [4.78, 5) is 1.91. The predicted molar refractivity (Wildman–Crippen MR) is 69.7 cm³/mol. The number of methoxy groups -OCH3 is 1. The molecule has 102 valence electrons. The van der Waals surface area contributed by atoms with Crippen LogP contribution in [0.1, 0.15) is 13.8 Å². The van der Waals surface area contributed by atoms with Gasteiger partial charge in [0.05, 0.1) is 18.0 Å². The smallest absolute Gasteiger partial charge is 0.161 e. The minimum absolute atomic E-state index is 0.241. The van der Waals surface area contributed by atoms with Crippen molar-refractivity contribution >= 4 is 11.4 Å². The largest absolute Gasteiger partial charge is 0.397 e. The third-order valence-electron chi connectivity index (χ3n) is 2.56. The molecule has 1 aromatic carbocycles. The average Bonchev–Trinajstić information content (AvgIpc) is 2.29. The van der Waals surface area contributed by atoms with Crippen molar-refractivity contribution in [3.63, 3.8) is 0 Å². The number of hydrogen-bond acceptors (Lipinski definition) is 3. The average molecular weight is 258 g/mol. The van der Waals surface area contributed by atoms with Crippen molar-refractivity contribution in [2.24, 2.45) is 5.92 Å². The molecule has 0 spiro atoms. The van der Waals surface area contributed by atoms with E-state index >= 15 is 0 Å². The Bertz CT molecular complexity index is 397. The quantitative estimate of drug-likeness (QED) is 0.797. The highest BCUT2D eigenvalue weighted by molar-refractivity contribution is 5.67. The molecule has 1 rings (SSSR count). The van der Waals surface area contributed by atoms with Crippen LogP contribution in [-0.4, -0.2) is 26.8 Å². The van der Waals surface area contributed by atoms with Gasteiger partial charge < -0.3 is 15.4 Å². The summed E-state index contributed by atoms with van der Waals surface area (Å²) in [5.74, 6) is -1.42. The molecule has 0 atom stereocenters. The molecular formula is C13H20F2N2O. The number of rotatable bonds is 6. The maximum absolute atomic E-state index is 13.3. The minimum Gasteiger partial charge on any atom is -0.397 e. The van der Waals surface area contributed by atoms with E-state index in [2.05, 4.69) is 13.8 Å². The Morgan fingerprint density at radius 2 is 1.89 bits per heavy atom. The van der Waals surface area contributed by atoms with E-state index in [1.165, 1.54) is 0 Å². The van der Waals surface area contributed by atoms with Gasteiger partial charge in [0, 0.05) is 32.3 Å². The Hall–Kier alpha value is -1.36. The molecule has 18 heavy (non-hydrogen) atoms. The van der Waals surface area contributed by atoms with Crippen LogP contribution in [0.25, 0.3) is 0 Å². The van der Waals surface area contributed by atoms with Gasteiger partial charge in [-0.3, -0.25) is 0 Å². The standard InChI is InChI=1S/C13H20F2N2O/c1-9(2)8-17(4-5-18-3)13-7-11(15)10(14)6-12(13)16/h6-7,9H,4-5,8,16H2,1-3H3. The Morgan fingerprint density at radius 1 is 1.28 bits per heavy atom. The molecule has 0 aliphatic rings. The molecule has 0 amide bonds. The SMILES string of the molecule is COCCN(CC(C)C)c1cc(F)c(F)cc1N. The maximum atomic E-state index is 13.3. The van der Waals surface area contributed by atoms with Gasteiger partial charge in [0.15, 0.2) is 11.6 Å². The van der Waals surface area contributed by atoms with E-state index in [9.17, 15) is 8.78 Å². The number of nitrogen functional groups attached to an aromatic ring is 1. The molecule has 0 saturated heterocycles. The Kier molecular flexibility index (Phi) is 5.34. The van der Waals surface area contributed by atoms with Gasteiger partial charge in [0.25, 0.3) is 0 Å². The van der Waals surface area contributed by atoms with Crippen molar-refractivity contribution < 1.29 is 13.5 Å². The Labute approximate surface area is 107 Å². The van der Waals surface area contributed by atoms with Gasteiger partial charge in [-0.25, -0.2) is 8.78 Å². The monoisotopic (exact) mass is 258 g/mol. The fourth-order valence-electron chi connectivity index (χ4n) is 1.78. The van der Waals surface area contributed by atoms with Crippen molar-refractivity contribution in [2.45, 2.75) is 13.8 Å². The summed E-state index contributed by atoms with van der Waals surface area (Å²) in [6.07, 6.45) is 0. The fraction of sp³-hybridized carbons (Fsp3) is 0.538. The molecule has 5 heteroatoms. The topological polar surface area (TPSA) is 38.5 Å². The summed E-state index contributed by atoms with van der Waals surface area (Å²) in [6.45, 7) is 5.90. The van der Waals surface area contributed by atoms with Crippen LogP contribution < -0.4 is 10.6 Å². The lowest BCUT2D eigenvalue weighted by Gasteiger charge is -2.27. The Morgan fingerprint density at radius 3 is 2.44 bits per heavy atom. The first-order valence-electron chi connectivity index (χ1n) is 5.94. The van der Waals surface area contributed by atoms with Gasteiger partial charge in [-0.05, 0) is 5.92 Å². The molecule has 0 fully saturated rings. The van der Waals surface area contributed by atoms with Crippen molar-refractivity contribution in [2.75, 3.05) is 37.4 Å². The van der Waals surface area contributed by atoms with E-state index < -0.39 is 11.6 Å². The van der Waals surface area contributed by atoms with Crippen LogP contribution in [0.3, 0.4) is 0 Å². The van der Waals surface area contributed by atoms with Gasteiger partial charge in [-0.15, -0.1) is 0 Å². The maximum Gasteiger partial charge on any atom is 0.161 e. The third-order valence-corrected chi connectivity index (χ3v) is 2.56. The normalized spacial score (nSPS) is 11.0. The van der Waals surface area contributed by atoms with Gasteiger partial charge in [0.2, 0.25) is 0 Å².